The van der Waals surface area contributed by atoms with Gasteiger partial charge in [-0.25, -0.2) is 8.42 Å². The molecule has 9 nitrogen and oxygen atoms in total. The molecule has 36 heavy (non-hydrogen) atoms. The van der Waals surface area contributed by atoms with Crippen molar-refractivity contribution < 1.29 is 27.2 Å². The number of para-hydroxylation sites is 2. The van der Waals surface area contributed by atoms with E-state index in [4.69, 9.17) is 14.0 Å². The Morgan fingerprint density at radius 1 is 1.06 bits per heavy atom. The maximum Gasteiger partial charge on any atom is 0.277 e. The molecule has 0 fully saturated rings. The first-order chi connectivity index (χ1) is 17.3. The lowest BCUT2D eigenvalue weighted by molar-refractivity contribution is 0.101. The number of hydrogen-bond acceptors (Lipinski definition) is 7. The van der Waals surface area contributed by atoms with Crippen LogP contribution in [0.1, 0.15) is 17.4 Å². The lowest BCUT2D eigenvalue weighted by Crippen LogP contribution is -2.42. The predicted octanol–water partition coefficient (Wildman–Crippen LogP) is 4.58. The van der Waals surface area contributed by atoms with Crippen LogP contribution in [0, 0.1) is 0 Å². The van der Waals surface area contributed by atoms with Crippen LogP contribution < -0.4 is 19.1 Å². The molecule has 184 valence electrons. The molecule has 1 aliphatic heterocycles. The van der Waals surface area contributed by atoms with Crippen LogP contribution in [0.5, 0.6) is 11.5 Å². The van der Waals surface area contributed by atoms with Gasteiger partial charge in [0.1, 0.15) is 17.6 Å². The Labute approximate surface area is 208 Å². The standard InChI is InChI=1S/C26H23N3O6S/c1-17-16-29(23-5-3-4-6-24(23)34-17)36(31,32)21-13-9-19(10-14-21)27-26(30)22-15-25(35-28-22)18-7-11-20(33-2)12-8-18/h3-15,17H,16H2,1-2H3,(H,27,30)/t17-/m1/s1. The summed E-state index contributed by atoms with van der Waals surface area (Å²) in [6.07, 6.45) is -0.293. The largest absolute Gasteiger partial charge is 0.497 e. The highest BCUT2D eigenvalue weighted by Gasteiger charge is 2.32. The number of fused-ring (bicyclic) bond motifs is 1. The van der Waals surface area contributed by atoms with E-state index in [0.717, 1.165) is 5.56 Å². The van der Waals surface area contributed by atoms with Crippen LogP contribution in [0.15, 0.2) is 88.3 Å². The first kappa shape index (κ1) is 23.4. The highest BCUT2D eigenvalue weighted by atomic mass is 32.2. The molecule has 0 aliphatic carbocycles. The Hall–Kier alpha value is -4.31. The summed E-state index contributed by atoms with van der Waals surface area (Å²) in [5.74, 6) is 1.17. The minimum absolute atomic E-state index is 0.0939. The zero-order valence-electron chi connectivity index (χ0n) is 19.5. The van der Waals surface area contributed by atoms with Gasteiger partial charge in [0.2, 0.25) is 0 Å². The molecule has 0 unspecified atom stereocenters. The van der Waals surface area contributed by atoms with Gasteiger partial charge in [0.05, 0.1) is 24.2 Å². The molecular weight excluding hydrogens is 482 g/mol. The van der Waals surface area contributed by atoms with Gasteiger partial charge < -0.3 is 19.3 Å². The Morgan fingerprint density at radius 2 is 1.78 bits per heavy atom. The normalized spacial score (nSPS) is 15.1. The molecule has 0 saturated heterocycles. The first-order valence-electron chi connectivity index (χ1n) is 11.2. The fourth-order valence-corrected chi connectivity index (χ4v) is 5.43. The number of aromatic nitrogens is 1. The molecule has 1 aliphatic rings. The molecule has 0 radical (unpaired) electrons. The molecule has 0 bridgehead atoms. The number of ether oxygens (including phenoxy) is 2. The Balaban J connectivity index is 1.31. The molecular formula is C26H23N3O6S. The quantitative estimate of drug-likeness (QED) is 0.408. The summed E-state index contributed by atoms with van der Waals surface area (Å²) < 4.78 is 44.3. The van der Waals surface area contributed by atoms with Gasteiger partial charge in [-0.3, -0.25) is 9.10 Å². The van der Waals surface area contributed by atoms with E-state index in [-0.39, 0.29) is 23.2 Å². The molecule has 1 amide bonds. The van der Waals surface area contributed by atoms with E-state index in [1.807, 2.05) is 6.92 Å². The lowest BCUT2D eigenvalue weighted by Gasteiger charge is -2.34. The van der Waals surface area contributed by atoms with Gasteiger partial charge in [-0.1, -0.05) is 17.3 Å². The highest BCUT2D eigenvalue weighted by Crippen LogP contribution is 2.36. The van der Waals surface area contributed by atoms with Crippen molar-refractivity contribution in [3.05, 3.63) is 84.6 Å². The zero-order chi connectivity index (χ0) is 25.3. The monoisotopic (exact) mass is 505 g/mol. The Morgan fingerprint density at radius 3 is 2.50 bits per heavy atom. The average Bonchev–Trinajstić information content (AvgIpc) is 3.39. The maximum atomic E-state index is 13.4. The molecule has 2 heterocycles. The van der Waals surface area contributed by atoms with Crippen molar-refractivity contribution >= 4 is 27.3 Å². The number of sulfonamides is 1. The number of carbonyl (C=O) groups is 1. The van der Waals surface area contributed by atoms with Crippen LogP contribution in [0.4, 0.5) is 11.4 Å². The van der Waals surface area contributed by atoms with Crippen LogP contribution in [0.25, 0.3) is 11.3 Å². The number of amides is 1. The molecule has 1 N–H and O–H groups in total. The zero-order valence-corrected chi connectivity index (χ0v) is 20.4. The number of anilines is 2. The van der Waals surface area contributed by atoms with Crippen molar-refractivity contribution in [2.45, 2.75) is 17.9 Å². The fourth-order valence-electron chi connectivity index (χ4n) is 3.88. The Bertz CT molecular complexity index is 1500. The average molecular weight is 506 g/mol. The van der Waals surface area contributed by atoms with Gasteiger partial charge in [0.25, 0.3) is 15.9 Å². The second-order valence-electron chi connectivity index (χ2n) is 8.22. The number of methoxy groups -OCH3 is 1. The summed E-state index contributed by atoms with van der Waals surface area (Å²) in [6, 6.07) is 21.7. The number of benzene rings is 3. The molecule has 0 saturated carbocycles. The van der Waals surface area contributed by atoms with Crippen LogP contribution >= 0.6 is 0 Å². The van der Waals surface area contributed by atoms with Gasteiger partial charge in [0.15, 0.2) is 11.5 Å². The molecule has 4 aromatic rings. The number of nitrogens with one attached hydrogen (secondary N) is 1. The number of rotatable bonds is 6. The highest BCUT2D eigenvalue weighted by molar-refractivity contribution is 7.92. The first-order valence-corrected chi connectivity index (χ1v) is 12.6. The van der Waals surface area contributed by atoms with Gasteiger partial charge >= 0.3 is 0 Å². The molecule has 1 atom stereocenters. The third-order valence-electron chi connectivity index (χ3n) is 5.70. The van der Waals surface area contributed by atoms with Crippen LogP contribution in [0.3, 0.4) is 0 Å². The molecule has 10 heteroatoms. The van der Waals surface area contributed by atoms with E-state index < -0.39 is 15.9 Å². The third-order valence-corrected chi connectivity index (χ3v) is 7.50. The minimum Gasteiger partial charge on any atom is -0.497 e. The van der Waals surface area contributed by atoms with Crippen LogP contribution in [-0.2, 0) is 10.0 Å². The summed E-state index contributed by atoms with van der Waals surface area (Å²) >= 11 is 0. The van der Waals surface area contributed by atoms with Crippen molar-refractivity contribution in [2.75, 3.05) is 23.3 Å². The van der Waals surface area contributed by atoms with Crippen LogP contribution in [-0.4, -0.2) is 39.2 Å². The van der Waals surface area contributed by atoms with Crippen molar-refractivity contribution in [1.29, 1.82) is 0 Å². The van der Waals surface area contributed by atoms with E-state index in [2.05, 4.69) is 10.5 Å². The van der Waals surface area contributed by atoms with Crippen molar-refractivity contribution in [3.8, 4) is 22.8 Å². The smallest absolute Gasteiger partial charge is 0.277 e. The summed E-state index contributed by atoms with van der Waals surface area (Å²) in [7, 11) is -2.25. The van der Waals surface area contributed by atoms with Gasteiger partial charge in [0, 0.05) is 17.3 Å². The number of carbonyl (C=O) groups excluding carboxylic acids is 1. The number of hydrogen-bond donors (Lipinski definition) is 1. The summed E-state index contributed by atoms with van der Waals surface area (Å²) in [6.45, 7) is 2.02. The summed E-state index contributed by atoms with van der Waals surface area (Å²) in [5.41, 5.74) is 1.75. The fraction of sp³-hybridized carbons (Fsp3) is 0.154. The topological polar surface area (TPSA) is 111 Å². The maximum absolute atomic E-state index is 13.4. The van der Waals surface area contributed by atoms with Crippen molar-refractivity contribution in [2.24, 2.45) is 0 Å². The Kier molecular flexibility index (Phi) is 6.11. The van der Waals surface area contributed by atoms with Crippen LogP contribution in [0.2, 0.25) is 0 Å². The van der Waals surface area contributed by atoms with E-state index in [1.54, 1.807) is 55.6 Å². The number of nitrogens with zero attached hydrogens (tertiary/aromatic N) is 2. The second kappa shape index (κ2) is 9.38. The molecule has 3 aromatic carbocycles. The van der Waals surface area contributed by atoms with E-state index >= 15 is 0 Å². The predicted molar refractivity (Wildman–Crippen MR) is 134 cm³/mol. The van der Waals surface area contributed by atoms with Gasteiger partial charge in [-0.15, -0.1) is 0 Å². The SMILES string of the molecule is COc1ccc(-c2cc(C(=O)Nc3ccc(S(=O)(=O)N4C[C@@H](C)Oc5ccccc54)cc3)no2)cc1. The van der Waals surface area contributed by atoms with Gasteiger partial charge in [-0.2, -0.15) is 0 Å². The van der Waals surface area contributed by atoms with Crippen molar-refractivity contribution in [3.63, 3.8) is 0 Å². The third kappa shape index (κ3) is 4.50. The van der Waals surface area contributed by atoms with E-state index in [1.165, 1.54) is 34.6 Å². The van der Waals surface area contributed by atoms with Crippen molar-refractivity contribution in [1.82, 2.24) is 5.16 Å². The molecule has 0 spiro atoms. The van der Waals surface area contributed by atoms with E-state index in [9.17, 15) is 13.2 Å². The van der Waals surface area contributed by atoms with Gasteiger partial charge in [-0.05, 0) is 67.6 Å². The second-order valence-corrected chi connectivity index (χ2v) is 10.1. The minimum atomic E-state index is -3.83. The molecule has 5 rings (SSSR count). The van der Waals surface area contributed by atoms with E-state index in [0.29, 0.717) is 28.6 Å². The summed E-state index contributed by atoms with van der Waals surface area (Å²) in [4.78, 5) is 12.8. The lowest BCUT2D eigenvalue weighted by atomic mass is 10.1. The molecule has 1 aromatic heterocycles. The summed E-state index contributed by atoms with van der Waals surface area (Å²) in [5, 5.41) is 6.56.